The zero-order valence-corrected chi connectivity index (χ0v) is 25.0. The molecule has 3 amide bonds. The van der Waals surface area contributed by atoms with E-state index in [9.17, 15) is 28.3 Å². The summed E-state index contributed by atoms with van der Waals surface area (Å²) in [5, 5.41) is 16.6. The predicted molar refractivity (Wildman–Crippen MR) is 160 cm³/mol. The Bertz CT molecular complexity index is 1340. The molecule has 2 aromatic carbocycles. The van der Waals surface area contributed by atoms with Gasteiger partial charge in [0.15, 0.2) is 0 Å². The van der Waals surface area contributed by atoms with Gasteiger partial charge in [-0.05, 0) is 80.5 Å². The number of aliphatic hydroxyl groups excluding tert-OH is 1. The molecule has 0 aliphatic carbocycles. The summed E-state index contributed by atoms with van der Waals surface area (Å²) in [6, 6.07) is 6.99. The van der Waals surface area contributed by atoms with Gasteiger partial charge in [0.25, 0.3) is 11.8 Å². The second-order valence-electron chi connectivity index (χ2n) is 10.7. The van der Waals surface area contributed by atoms with E-state index in [0.717, 1.165) is 36.7 Å². The van der Waals surface area contributed by atoms with Gasteiger partial charge in [-0.1, -0.05) is 13.8 Å². The fraction of sp³-hybridized carbons (Fsp3) is 0.438. The molecule has 4 N–H and O–H groups in total. The molecule has 9 nitrogen and oxygen atoms in total. The molecule has 232 valence electrons. The van der Waals surface area contributed by atoms with Crippen LogP contribution in [0, 0.1) is 18.6 Å². The number of aromatic amines is 1. The van der Waals surface area contributed by atoms with Crippen LogP contribution in [0.1, 0.15) is 77.1 Å². The molecule has 0 bridgehead atoms. The maximum Gasteiger partial charge on any atom is 0.253 e. The van der Waals surface area contributed by atoms with Gasteiger partial charge in [-0.15, -0.1) is 0 Å². The molecule has 1 aromatic heterocycles. The summed E-state index contributed by atoms with van der Waals surface area (Å²) in [4.78, 5) is 47.5. The molecular formula is C32H41F2N5O4. The molecule has 3 rings (SSSR count). The topological polar surface area (TPSA) is 127 Å². The van der Waals surface area contributed by atoms with E-state index in [-0.39, 0.29) is 48.7 Å². The van der Waals surface area contributed by atoms with E-state index in [1.54, 1.807) is 30.2 Å². The third-order valence-electron chi connectivity index (χ3n) is 6.96. The number of carbonyl (C=O) groups is 3. The average molecular weight is 598 g/mol. The van der Waals surface area contributed by atoms with Crippen LogP contribution in [-0.4, -0.2) is 69.5 Å². The highest BCUT2D eigenvalue weighted by atomic mass is 19.1. The SMILES string of the molecule is CCCN(CCC)C(=O)c1cc(C)cc(C(=O)N[C@@H](Cc2cc(F)cc(F)c2)[C@@H](O)CCNC(=O)CCc2cnc[nH]2)c1. The smallest absolute Gasteiger partial charge is 0.253 e. The molecule has 0 aliphatic rings. The van der Waals surface area contributed by atoms with Crippen LogP contribution < -0.4 is 10.6 Å². The van der Waals surface area contributed by atoms with Crippen molar-refractivity contribution in [2.75, 3.05) is 19.6 Å². The van der Waals surface area contributed by atoms with Crippen LogP contribution in [0.5, 0.6) is 0 Å². The molecule has 2 atom stereocenters. The lowest BCUT2D eigenvalue weighted by molar-refractivity contribution is -0.121. The zero-order chi connectivity index (χ0) is 31.4. The summed E-state index contributed by atoms with van der Waals surface area (Å²) in [5.74, 6) is -2.47. The first-order chi connectivity index (χ1) is 20.6. The van der Waals surface area contributed by atoms with Crippen LogP contribution in [0.4, 0.5) is 8.78 Å². The minimum atomic E-state index is -1.15. The van der Waals surface area contributed by atoms with E-state index in [4.69, 9.17) is 0 Å². The van der Waals surface area contributed by atoms with Crippen molar-refractivity contribution >= 4 is 17.7 Å². The molecule has 3 aromatic rings. The first-order valence-corrected chi connectivity index (χ1v) is 14.7. The lowest BCUT2D eigenvalue weighted by Crippen LogP contribution is -2.46. The van der Waals surface area contributed by atoms with E-state index >= 15 is 0 Å². The normalized spacial score (nSPS) is 12.4. The van der Waals surface area contributed by atoms with Crippen molar-refractivity contribution in [3.8, 4) is 0 Å². The Hall–Kier alpha value is -4.12. The Labute approximate surface area is 251 Å². The lowest BCUT2D eigenvalue weighted by atomic mass is 9.97. The van der Waals surface area contributed by atoms with Gasteiger partial charge in [0, 0.05) is 55.1 Å². The molecule has 0 saturated carbocycles. The van der Waals surface area contributed by atoms with E-state index in [2.05, 4.69) is 20.6 Å². The summed E-state index contributed by atoms with van der Waals surface area (Å²) in [7, 11) is 0. The molecule has 11 heteroatoms. The van der Waals surface area contributed by atoms with E-state index in [0.29, 0.717) is 30.6 Å². The molecule has 0 saturated heterocycles. The first kappa shape index (κ1) is 33.4. The number of carbonyl (C=O) groups excluding carboxylic acids is 3. The number of amides is 3. The number of H-pyrrole nitrogens is 1. The molecule has 1 heterocycles. The van der Waals surface area contributed by atoms with Crippen molar-refractivity contribution in [1.29, 1.82) is 0 Å². The highest BCUT2D eigenvalue weighted by Gasteiger charge is 2.24. The minimum Gasteiger partial charge on any atom is -0.391 e. The number of halogens is 2. The van der Waals surface area contributed by atoms with E-state index in [1.165, 1.54) is 12.4 Å². The molecule has 0 spiro atoms. The number of imidazole rings is 1. The van der Waals surface area contributed by atoms with Gasteiger partial charge >= 0.3 is 0 Å². The highest BCUT2D eigenvalue weighted by Crippen LogP contribution is 2.17. The number of benzene rings is 2. The van der Waals surface area contributed by atoms with Crippen molar-refractivity contribution in [3.05, 3.63) is 88.5 Å². The Morgan fingerprint density at radius 1 is 1.00 bits per heavy atom. The van der Waals surface area contributed by atoms with Gasteiger partial charge in [-0.2, -0.15) is 0 Å². The monoisotopic (exact) mass is 597 g/mol. The predicted octanol–water partition coefficient (Wildman–Crippen LogP) is 4.10. The fourth-order valence-electron chi connectivity index (χ4n) is 4.91. The van der Waals surface area contributed by atoms with Gasteiger partial charge < -0.3 is 25.6 Å². The van der Waals surface area contributed by atoms with Crippen molar-refractivity contribution in [1.82, 2.24) is 25.5 Å². The highest BCUT2D eigenvalue weighted by molar-refractivity contribution is 6.00. The number of aliphatic hydroxyl groups is 1. The lowest BCUT2D eigenvalue weighted by Gasteiger charge is -2.25. The van der Waals surface area contributed by atoms with Crippen LogP contribution in [0.15, 0.2) is 48.9 Å². The third-order valence-corrected chi connectivity index (χ3v) is 6.96. The summed E-state index contributed by atoms with van der Waals surface area (Å²) in [6.45, 7) is 7.09. The van der Waals surface area contributed by atoms with Crippen LogP contribution in [-0.2, 0) is 17.6 Å². The van der Waals surface area contributed by atoms with E-state index < -0.39 is 29.7 Å². The number of nitrogens with zero attached hydrogens (tertiary/aromatic N) is 2. The second-order valence-corrected chi connectivity index (χ2v) is 10.7. The Morgan fingerprint density at radius 3 is 2.30 bits per heavy atom. The van der Waals surface area contributed by atoms with Gasteiger partial charge in [0.1, 0.15) is 11.6 Å². The van der Waals surface area contributed by atoms with Crippen LogP contribution >= 0.6 is 0 Å². The first-order valence-electron chi connectivity index (χ1n) is 14.7. The fourth-order valence-corrected chi connectivity index (χ4v) is 4.91. The van der Waals surface area contributed by atoms with Gasteiger partial charge in [0.05, 0.1) is 18.5 Å². The Morgan fingerprint density at radius 2 is 1.67 bits per heavy atom. The number of aromatic nitrogens is 2. The molecule has 43 heavy (non-hydrogen) atoms. The second kappa shape index (κ2) is 16.5. The van der Waals surface area contributed by atoms with Crippen molar-refractivity contribution in [3.63, 3.8) is 0 Å². The Kier molecular flexibility index (Phi) is 12.8. The van der Waals surface area contributed by atoms with Gasteiger partial charge in [0.2, 0.25) is 5.91 Å². The molecule has 0 aliphatic heterocycles. The number of hydrogen-bond acceptors (Lipinski definition) is 5. The number of nitrogens with one attached hydrogen (secondary N) is 3. The summed E-state index contributed by atoms with van der Waals surface area (Å²) >= 11 is 0. The average Bonchev–Trinajstić information content (AvgIpc) is 3.48. The van der Waals surface area contributed by atoms with Gasteiger partial charge in [-0.25, -0.2) is 13.8 Å². The molecule has 0 radical (unpaired) electrons. The minimum absolute atomic E-state index is 0.0618. The summed E-state index contributed by atoms with van der Waals surface area (Å²) in [6.07, 6.45) is 4.35. The maximum atomic E-state index is 13.9. The van der Waals surface area contributed by atoms with Crippen LogP contribution in [0.2, 0.25) is 0 Å². The molecular weight excluding hydrogens is 556 g/mol. The van der Waals surface area contributed by atoms with Crippen LogP contribution in [0.25, 0.3) is 0 Å². The number of aryl methyl sites for hydroxylation is 2. The van der Waals surface area contributed by atoms with Gasteiger partial charge in [-0.3, -0.25) is 14.4 Å². The number of rotatable bonds is 16. The van der Waals surface area contributed by atoms with Crippen LogP contribution in [0.3, 0.4) is 0 Å². The third kappa shape index (κ3) is 10.6. The zero-order valence-electron chi connectivity index (χ0n) is 25.0. The van der Waals surface area contributed by atoms with Crippen molar-refractivity contribution < 1.29 is 28.3 Å². The number of hydrogen-bond donors (Lipinski definition) is 4. The largest absolute Gasteiger partial charge is 0.391 e. The van der Waals surface area contributed by atoms with Crippen molar-refractivity contribution in [2.24, 2.45) is 0 Å². The standard InChI is InChI=1S/C32H41F2N5O4/c1-4-10-39(11-5-2)32(43)24-13-21(3)12-23(17-24)31(42)38-28(16-22-14-25(33)18-26(34)15-22)29(40)8-9-36-30(41)7-6-27-19-35-20-37-27/h12-15,17-20,28-29,40H,4-11,16H2,1-3H3,(H,35,37)(H,36,41)(H,38,42)/t28-,29-/m0/s1. The molecule has 0 unspecified atom stereocenters. The Balaban J connectivity index is 1.73. The summed E-state index contributed by atoms with van der Waals surface area (Å²) < 4.78 is 27.9. The maximum absolute atomic E-state index is 13.9. The van der Waals surface area contributed by atoms with E-state index in [1.807, 2.05) is 13.8 Å². The summed E-state index contributed by atoms with van der Waals surface area (Å²) in [5.41, 5.74) is 2.40. The molecule has 0 fully saturated rings. The van der Waals surface area contributed by atoms with Crippen molar-refractivity contribution in [2.45, 2.75) is 71.4 Å². The quantitative estimate of drug-likeness (QED) is 0.198.